The predicted octanol–water partition coefficient (Wildman–Crippen LogP) is 4.34. The van der Waals surface area contributed by atoms with Crippen molar-refractivity contribution in [2.45, 2.75) is 19.6 Å². The number of benzene rings is 2. The molecule has 2 aromatic rings. The second-order valence-electron chi connectivity index (χ2n) is 4.62. The number of halogens is 2. The van der Waals surface area contributed by atoms with Crippen molar-refractivity contribution in [2.75, 3.05) is 7.05 Å². The summed E-state index contributed by atoms with van der Waals surface area (Å²) in [4.78, 5) is 0. The van der Waals surface area contributed by atoms with Crippen LogP contribution in [-0.4, -0.2) is 7.05 Å². The maximum absolute atomic E-state index is 13.3. The predicted molar refractivity (Wildman–Crippen MR) is 79.7 cm³/mol. The molecular formula is C16H17ClFNO. The largest absolute Gasteiger partial charge is 0.489 e. The van der Waals surface area contributed by atoms with Crippen LogP contribution in [0.15, 0.2) is 42.5 Å². The molecule has 4 heteroatoms. The Labute approximate surface area is 123 Å². The van der Waals surface area contributed by atoms with E-state index in [1.807, 2.05) is 31.3 Å². The van der Waals surface area contributed by atoms with Crippen LogP contribution in [0.1, 0.15) is 24.1 Å². The van der Waals surface area contributed by atoms with Crippen LogP contribution in [-0.2, 0) is 6.61 Å². The van der Waals surface area contributed by atoms with Crippen molar-refractivity contribution in [2.24, 2.45) is 0 Å². The Morgan fingerprint density at radius 1 is 1.25 bits per heavy atom. The van der Waals surface area contributed by atoms with E-state index in [9.17, 15) is 4.39 Å². The molecule has 0 saturated carbocycles. The Balaban J connectivity index is 2.05. The lowest BCUT2D eigenvalue weighted by Crippen LogP contribution is -2.12. The molecule has 0 aliphatic carbocycles. The minimum absolute atomic E-state index is 0.124. The molecule has 1 atom stereocenters. The van der Waals surface area contributed by atoms with E-state index in [0.717, 1.165) is 16.9 Å². The Morgan fingerprint density at radius 3 is 2.75 bits per heavy atom. The maximum atomic E-state index is 13.3. The smallest absolute Gasteiger partial charge is 0.142 e. The van der Waals surface area contributed by atoms with Crippen molar-refractivity contribution in [1.29, 1.82) is 0 Å². The highest BCUT2D eigenvalue weighted by atomic mass is 35.5. The van der Waals surface area contributed by atoms with Gasteiger partial charge in [-0.15, -0.1) is 0 Å². The van der Waals surface area contributed by atoms with Crippen molar-refractivity contribution >= 4 is 11.6 Å². The monoisotopic (exact) mass is 293 g/mol. The Bertz CT molecular complexity index is 588. The molecule has 0 aromatic heterocycles. The second kappa shape index (κ2) is 6.73. The molecule has 0 radical (unpaired) electrons. The molecule has 20 heavy (non-hydrogen) atoms. The van der Waals surface area contributed by atoms with E-state index in [1.54, 1.807) is 6.07 Å². The zero-order valence-electron chi connectivity index (χ0n) is 11.5. The molecule has 0 aliphatic rings. The van der Waals surface area contributed by atoms with Gasteiger partial charge in [0, 0.05) is 6.04 Å². The molecule has 0 amide bonds. The molecule has 106 valence electrons. The lowest BCUT2D eigenvalue weighted by Gasteiger charge is -2.13. The van der Waals surface area contributed by atoms with E-state index >= 15 is 0 Å². The fourth-order valence-corrected chi connectivity index (χ4v) is 1.95. The van der Waals surface area contributed by atoms with Crippen LogP contribution in [0.25, 0.3) is 0 Å². The highest BCUT2D eigenvalue weighted by Crippen LogP contribution is 2.21. The summed E-state index contributed by atoms with van der Waals surface area (Å²) < 4.78 is 19.0. The molecule has 0 bridgehead atoms. The molecule has 0 saturated heterocycles. The number of rotatable bonds is 5. The quantitative estimate of drug-likeness (QED) is 0.885. The molecule has 2 nitrogen and oxygen atoms in total. The molecular weight excluding hydrogens is 277 g/mol. The zero-order chi connectivity index (χ0) is 14.5. The summed E-state index contributed by atoms with van der Waals surface area (Å²) in [6.07, 6.45) is 0. The third-order valence-corrected chi connectivity index (χ3v) is 3.49. The Morgan fingerprint density at radius 2 is 2.05 bits per heavy atom. The van der Waals surface area contributed by atoms with Gasteiger partial charge in [0.2, 0.25) is 0 Å². The van der Waals surface area contributed by atoms with Crippen LogP contribution in [0.5, 0.6) is 5.75 Å². The summed E-state index contributed by atoms with van der Waals surface area (Å²) in [6.45, 7) is 2.39. The first-order valence-corrected chi connectivity index (χ1v) is 6.82. The summed E-state index contributed by atoms with van der Waals surface area (Å²) in [5.41, 5.74) is 1.89. The third kappa shape index (κ3) is 3.71. The van der Waals surface area contributed by atoms with Gasteiger partial charge in [0.15, 0.2) is 0 Å². The number of ether oxygens (including phenoxy) is 1. The van der Waals surface area contributed by atoms with Gasteiger partial charge in [-0.2, -0.15) is 0 Å². The topological polar surface area (TPSA) is 21.3 Å². The van der Waals surface area contributed by atoms with Crippen LogP contribution < -0.4 is 10.1 Å². The molecule has 1 unspecified atom stereocenters. The summed E-state index contributed by atoms with van der Waals surface area (Å²) in [6, 6.07) is 12.8. The van der Waals surface area contributed by atoms with Gasteiger partial charge < -0.3 is 10.1 Å². The van der Waals surface area contributed by atoms with Gasteiger partial charge in [-0.25, -0.2) is 4.39 Å². The van der Waals surface area contributed by atoms with Gasteiger partial charge in [-0.3, -0.25) is 0 Å². The Hall–Kier alpha value is -1.58. The lowest BCUT2D eigenvalue weighted by molar-refractivity contribution is 0.305. The average Bonchev–Trinajstić information content (AvgIpc) is 2.48. The highest BCUT2D eigenvalue weighted by Gasteiger charge is 2.05. The SMILES string of the molecule is CNC(C)c1cccc(OCc2ccc(Cl)c(F)c2)c1. The minimum Gasteiger partial charge on any atom is -0.489 e. The van der Waals surface area contributed by atoms with Crippen LogP contribution >= 0.6 is 11.6 Å². The zero-order valence-corrected chi connectivity index (χ0v) is 12.2. The van der Waals surface area contributed by atoms with Crippen molar-refractivity contribution in [1.82, 2.24) is 5.32 Å². The van der Waals surface area contributed by atoms with Gasteiger partial charge in [-0.05, 0) is 49.4 Å². The van der Waals surface area contributed by atoms with E-state index in [2.05, 4.69) is 12.2 Å². The van der Waals surface area contributed by atoms with Gasteiger partial charge in [-0.1, -0.05) is 29.8 Å². The van der Waals surface area contributed by atoms with E-state index in [1.165, 1.54) is 12.1 Å². The first-order valence-electron chi connectivity index (χ1n) is 6.44. The average molecular weight is 294 g/mol. The van der Waals surface area contributed by atoms with E-state index in [0.29, 0.717) is 6.61 Å². The lowest BCUT2D eigenvalue weighted by atomic mass is 10.1. The Kier molecular flexibility index (Phi) is 4.99. The van der Waals surface area contributed by atoms with Crippen LogP contribution in [0.4, 0.5) is 4.39 Å². The van der Waals surface area contributed by atoms with Gasteiger partial charge >= 0.3 is 0 Å². The van der Waals surface area contributed by atoms with Crippen molar-refractivity contribution in [3.8, 4) is 5.75 Å². The van der Waals surface area contributed by atoms with Gasteiger partial charge in [0.1, 0.15) is 18.2 Å². The summed E-state index contributed by atoms with van der Waals surface area (Å²) in [5.74, 6) is 0.338. The van der Waals surface area contributed by atoms with E-state index in [4.69, 9.17) is 16.3 Å². The number of hydrogen-bond donors (Lipinski definition) is 1. The van der Waals surface area contributed by atoms with Crippen LogP contribution in [0, 0.1) is 5.82 Å². The standard InChI is InChI=1S/C16H17ClFNO/c1-11(19-2)13-4-3-5-14(9-13)20-10-12-6-7-15(17)16(18)8-12/h3-9,11,19H,10H2,1-2H3. The third-order valence-electron chi connectivity index (χ3n) is 3.18. The van der Waals surface area contributed by atoms with Gasteiger partial charge in [0.25, 0.3) is 0 Å². The summed E-state index contributed by atoms with van der Waals surface area (Å²) in [7, 11) is 1.91. The first kappa shape index (κ1) is 14.8. The van der Waals surface area contributed by atoms with Crippen molar-refractivity contribution < 1.29 is 9.13 Å². The first-order chi connectivity index (χ1) is 9.60. The van der Waals surface area contributed by atoms with E-state index < -0.39 is 5.82 Å². The molecule has 0 fully saturated rings. The molecule has 1 N–H and O–H groups in total. The molecule has 2 aromatic carbocycles. The molecule has 2 rings (SSSR count). The van der Waals surface area contributed by atoms with Crippen LogP contribution in [0.3, 0.4) is 0 Å². The minimum atomic E-state index is -0.426. The maximum Gasteiger partial charge on any atom is 0.142 e. The van der Waals surface area contributed by atoms with Gasteiger partial charge in [0.05, 0.1) is 5.02 Å². The molecule has 0 spiro atoms. The highest BCUT2D eigenvalue weighted by molar-refractivity contribution is 6.30. The number of nitrogens with one attached hydrogen (secondary N) is 1. The molecule has 0 aliphatic heterocycles. The van der Waals surface area contributed by atoms with Crippen LogP contribution in [0.2, 0.25) is 5.02 Å². The number of hydrogen-bond acceptors (Lipinski definition) is 2. The molecule has 0 heterocycles. The summed E-state index contributed by atoms with van der Waals surface area (Å²) in [5, 5.41) is 3.30. The normalized spacial score (nSPS) is 12.2. The fraction of sp³-hybridized carbons (Fsp3) is 0.250. The van der Waals surface area contributed by atoms with Crippen molar-refractivity contribution in [3.05, 3.63) is 64.4 Å². The summed E-state index contributed by atoms with van der Waals surface area (Å²) >= 11 is 5.65. The van der Waals surface area contributed by atoms with E-state index in [-0.39, 0.29) is 11.1 Å². The second-order valence-corrected chi connectivity index (χ2v) is 5.03. The van der Waals surface area contributed by atoms with Crippen molar-refractivity contribution in [3.63, 3.8) is 0 Å². The fourth-order valence-electron chi connectivity index (χ4n) is 1.84.